The van der Waals surface area contributed by atoms with E-state index in [9.17, 15) is 13.2 Å². The van der Waals surface area contributed by atoms with E-state index in [-0.39, 0.29) is 5.91 Å². The molecule has 8 heteroatoms. The van der Waals surface area contributed by atoms with Gasteiger partial charge in [-0.05, 0) is 69.4 Å². The topological polar surface area (TPSA) is 96.5 Å². The molecular weight excluding hydrogens is 414 g/mol. The highest BCUT2D eigenvalue weighted by Crippen LogP contribution is 2.35. The molecule has 3 N–H and O–H groups in total. The Balaban J connectivity index is 1.44. The Hall–Kier alpha value is -2.74. The molecule has 1 aliphatic rings. The van der Waals surface area contributed by atoms with E-state index in [0.717, 1.165) is 29.2 Å². The van der Waals surface area contributed by atoms with Gasteiger partial charge in [0.2, 0.25) is 10.0 Å². The number of hydrogen-bond donors (Lipinski definition) is 3. The minimum absolute atomic E-state index is 0.256. The fourth-order valence-electron chi connectivity index (χ4n) is 3.38. The molecule has 0 radical (unpaired) electrons. The van der Waals surface area contributed by atoms with Crippen molar-refractivity contribution >= 4 is 27.3 Å². The van der Waals surface area contributed by atoms with Gasteiger partial charge < -0.3 is 15.4 Å². The Kier molecular flexibility index (Phi) is 7.43. The molecule has 0 saturated heterocycles. The van der Waals surface area contributed by atoms with E-state index in [1.54, 1.807) is 18.2 Å². The van der Waals surface area contributed by atoms with Crippen LogP contribution >= 0.6 is 0 Å². The van der Waals surface area contributed by atoms with Crippen molar-refractivity contribution in [3.63, 3.8) is 0 Å². The minimum Gasteiger partial charge on any atom is -0.493 e. The van der Waals surface area contributed by atoms with Gasteiger partial charge in [-0.2, -0.15) is 0 Å². The van der Waals surface area contributed by atoms with Crippen LogP contribution < -0.4 is 20.1 Å². The van der Waals surface area contributed by atoms with Crippen LogP contribution in [0.25, 0.3) is 0 Å². The van der Waals surface area contributed by atoms with Crippen LogP contribution in [0.1, 0.15) is 42.1 Å². The molecule has 1 aliphatic carbocycles. The Bertz CT molecular complexity index is 1020. The van der Waals surface area contributed by atoms with E-state index >= 15 is 0 Å². The van der Waals surface area contributed by atoms with E-state index in [1.165, 1.54) is 18.9 Å². The maximum absolute atomic E-state index is 12.3. The molecule has 0 spiro atoms. The highest BCUT2D eigenvalue weighted by Gasteiger charge is 2.28. The average Bonchev–Trinajstić information content (AvgIpc) is 3.54. The van der Waals surface area contributed by atoms with Crippen LogP contribution in [0.2, 0.25) is 0 Å². The Morgan fingerprint density at radius 1 is 1.19 bits per heavy atom. The summed E-state index contributed by atoms with van der Waals surface area (Å²) in [6.07, 6.45) is 4.32. The van der Waals surface area contributed by atoms with E-state index < -0.39 is 10.0 Å². The smallest absolute Gasteiger partial charge is 0.251 e. The van der Waals surface area contributed by atoms with Crippen LogP contribution in [0.4, 0.5) is 11.4 Å². The molecule has 1 amide bonds. The van der Waals surface area contributed by atoms with Gasteiger partial charge in [-0.25, -0.2) is 8.42 Å². The third-order valence-corrected chi connectivity index (χ3v) is 5.90. The fraction of sp³-hybridized carbons (Fsp3) is 0.435. The van der Waals surface area contributed by atoms with E-state index in [4.69, 9.17) is 4.74 Å². The average molecular weight is 446 g/mol. The number of nitrogens with one attached hydrogen (secondary N) is 3. The number of carbonyl (C=O) groups is 1. The molecule has 1 unspecified atom stereocenters. The van der Waals surface area contributed by atoms with Crippen LogP contribution in [0.3, 0.4) is 0 Å². The lowest BCUT2D eigenvalue weighted by Crippen LogP contribution is -2.25. The first-order chi connectivity index (χ1) is 14.7. The predicted molar refractivity (Wildman–Crippen MR) is 124 cm³/mol. The molecule has 31 heavy (non-hydrogen) atoms. The second kappa shape index (κ2) is 10.0. The van der Waals surface area contributed by atoms with Crippen molar-refractivity contribution in [3.05, 3.63) is 53.6 Å². The highest BCUT2D eigenvalue weighted by atomic mass is 32.2. The monoisotopic (exact) mass is 445 g/mol. The summed E-state index contributed by atoms with van der Waals surface area (Å²) < 4.78 is 31.0. The summed E-state index contributed by atoms with van der Waals surface area (Å²) in [6.45, 7) is 5.22. The van der Waals surface area contributed by atoms with Crippen molar-refractivity contribution in [2.45, 2.75) is 39.2 Å². The number of hydrogen-bond acceptors (Lipinski definition) is 5. The number of sulfonamides is 1. The van der Waals surface area contributed by atoms with Crippen molar-refractivity contribution in [1.29, 1.82) is 0 Å². The molecule has 1 saturated carbocycles. The number of amides is 1. The molecule has 0 aromatic heterocycles. The largest absolute Gasteiger partial charge is 0.493 e. The van der Waals surface area contributed by atoms with Crippen LogP contribution in [0, 0.1) is 12.8 Å². The van der Waals surface area contributed by atoms with Crippen molar-refractivity contribution in [3.8, 4) is 5.75 Å². The highest BCUT2D eigenvalue weighted by molar-refractivity contribution is 7.92. The summed E-state index contributed by atoms with van der Waals surface area (Å²) in [5, 5.41) is 6.42. The molecule has 3 rings (SSSR count). The molecule has 7 nitrogen and oxygen atoms in total. The third-order valence-electron chi connectivity index (χ3n) is 5.29. The summed E-state index contributed by atoms with van der Waals surface area (Å²) in [6, 6.07) is 12.9. The number of carbonyl (C=O) groups excluding carboxylic acids is 1. The first-order valence-electron chi connectivity index (χ1n) is 10.6. The van der Waals surface area contributed by atoms with Crippen molar-refractivity contribution in [1.82, 2.24) is 5.32 Å². The van der Waals surface area contributed by atoms with Gasteiger partial charge >= 0.3 is 0 Å². The molecule has 2 aromatic carbocycles. The fourth-order valence-corrected chi connectivity index (χ4v) is 3.94. The van der Waals surface area contributed by atoms with E-state index in [1.807, 2.05) is 12.1 Å². The van der Waals surface area contributed by atoms with Gasteiger partial charge in [-0.15, -0.1) is 0 Å². The number of rotatable bonds is 11. The van der Waals surface area contributed by atoms with Gasteiger partial charge in [0, 0.05) is 35.1 Å². The van der Waals surface area contributed by atoms with E-state index in [2.05, 4.69) is 35.3 Å². The Morgan fingerprint density at radius 2 is 1.94 bits per heavy atom. The van der Waals surface area contributed by atoms with Crippen LogP contribution in [-0.4, -0.2) is 39.8 Å². The van der Waals surface area contributed by atoms with Crippen LogP contribution in [-0.2, 0) is 10.0 Å². The maximum Gasteiger partial charge on any atom is 0.251 e. The molecule has 1 fully saturated rings. The lowest BCUT2D eigenvalue weighted by atomic mass is 10.1. The van der Waals surface area contributed by atoms with Gasteiger partial charge in [0.05, 0.1) is 12.9 Å². The zero-order valence-corrected chi connectivity index (χ0v) is 19.1. The SMILES string of the molecule is Cc1c(NC(C)C2CC2)cccc1OCCCNC(=O)c1cccc(NS(C)(=O)=O)c1. The van der Waals surface area contributed by atoms with Gasteiger partial charge in [0.15, 0.2) is 0 Å². The first kappa shape index (κ1) is 22.9. The Labute approximate surface area is 184 Å². The van der Waals surface area contributed by atoms with Crippen molar-refractivity contribution < 1.29 is 17.9 Å². The molecule has 0 aliphatic heterocycles. The summed E-state index contributed by atoms with van der Waals surface area (Å²) >= 11 is 0. The molecule has 2 aromatic rings. The Morgan fingerprint density at radius 3 is 2.65 bits per heavy atom. The zero-order chi connectivity index (χ0) is 22.4. The lowest BCUT2D eigenvalue weighted by molar-refractivity contribution is 0.0951. The molecular formula is C23H31N3O4S. The molecule has 1 atom stereocenters. The molecule has 0 heterocycles. The first-order valence-corrected chi connectivity index (χ1v) is 12.5. The van der Waals surface area contributed by atoms with Gasteiger partial charge in [0.1, 0.15) is 5.75 Å². The summed E-state index contributed by atoms with van der Waals surface area (Å²) in [7, 11) is -3.39. The van der Waals surface area contributed by atoms with Gasteiger partial charge in [-0.3, -0.25) is 9.52 Å². The van der Waals surface area contributed by atoms with Crippen LogP contribution in [0.5, 0.6) is 5.75 Å². The van der Waals surface area contributed by atoms with E-state index in [0.29, 0.717) is 36.9 Å². The lowest BCUT2D eigenvalue weighted by Gasteiger charge is -2.18. The molecule has 0 bridgehead atoms. The maximum atomic E-state index is 12.3. The van der Waals surface area contributed by atoms with Crippen molar-refractivity contribution in [2.75, 3.05) is 29.4 Å². The second-order valence-corrected chi connectivity index (χ2v) is 9.86. The summed E-state index contributed by atoms with van der Waals surface area (Å²) in [5.41, 5.74) is 2.95. The van der Waals surface area contributed by atoms with Gasteiger partial charge in [-0.1, -0.05) is 12.1 Å². The summed E-state index contributed by atoms with van der Waals surface area (Å²) in [5.74, 6) is 1.36. The number of benzene rings is 2. The van der Waals surface area contributed by atoms with Crippen molar-refractivity contribution in [2.24, 2.45) is 5.92 Å². The van der Waals surface area contributed by atoms with Gasteiger partial charge in [0.25, 0.3) is 5.91 Å². The second-order valence-electron chi connectivity index (χ2n) is 8.11. The third kappa shape index (κ3) is 7.17. The molecule has 168 valence electrons. The predicted octanol–water partition coefficient (Wildman–Crippen LogP) is 3.78. The standard InChI is InChI=1S/C23H31N3O4S/c1-16-21(25-17(2)18-11-12-18)9-5-10-22(16)30-14-6-13-24-23(27)19-7-4-8-20(15-19)26-31(3,28)29/h4-5,7-10,15,17-18,25-26H,6,11-14H2,1-3H3,(H,24,27). The quantitative estimate of drug-likeness (QED) is 0.458. The zero-order valence-electron chi connectivity index (χ0n) is 18.3. The number of anilines is 2. The summed E-state index contributed by atoms with van der Waals surface area (Å²) in [4.78, 5) is 12.3. The number of ether oxygens (including phenoxy) is 1. The minimum atomic E-state index is -3.39. The van der Waals surface area contributed by atoms with Crippen LogP contribution in [0.15, 0.2) is 42.5 Å². The normalized spacial score (nSPS) is 14.5.